The van der Waals surface area contributed by atoms with E-state index in [-0.39, 0.29) is 6.04 Å². The molecule has 1 aromatic carbocycles. The fourth-order valence-electron chi connectivity index (χ4n) is 3.32. The smallest absolute Gasteiger partial charge is 0.320 e. The first kappa shape index (κ1) is 16.5. The van der Waals surface area contributed by atoms with Gasteiger partial charge >= 0.3 is 5.97 Å². The van der Waals surface area contributed by atoms with Crippen LogP contribution in [0.5, 0.6) is 5.75 Å². The summed E-state index contributed by atoms with van der Waals surface area (Å²) in [6.07, 6.45) is 3.39. The minimum Gasteiger partial charge on any atom is -0.497 e. The molecule has 2 atom stereocenters. The molecule has 1 aliphatic heterocycles. The van der Waals surface area contributed by atoms with E-state index in [2.05, 4.69) is 4.98 Å². The summed E-state index contributed by atoms with van der Waals surface area (Å²) in [5, 5.41) is 9.57. The van der Waals surface area contributed by atoms with Gasteiger partial charge < -0.3 is 9.84 Å². The molecule has 5 nitrogen and oxygen atoms in total. The normalized spacial score (nSPS) is 19.2. The van der Waals surface area contributed by atoms with E-state index in [0.717, 1.165) is 35.5 Å². The second-order valence-corrected chi connectivity index (χ2v) is 6.17. The van der Waals surface area contributed by atoms with Crippen molar-refractivity contribution < 1.29 is 14.6 Å². The second-order valence-electron chi connectivity index (χ2n) is 6.17. The van der Waals surface area contributed by atoms with Crippen molar-refractivity contribution in [3.8, 4) is 5.75 Å². The number of rotatable bonds is 5. The van der Waals surface area contributed by atoms with Crippen molar-refractivity contribution in [3.05, 3.63) is 59.4 Å². The van der Waals surface area contributed by atoms with Crippen LogP contribution in [-0.2, 0) is 4.79 Å². The molecule has 1 fully saturated rings. The van der Waals surface area contributed by atoms with Crippen molar-refractivity contribution >= 4 is 5.97 Å². The summed E-state index contributed by atoms with van der Waals surface area (Å²) in [6, 6.07) is 11.2. The van der Waals surface area contributed by atoms with Gasteiger partial charge in [0, 0.05) is 12.7 Å². The highest BCUT2D eigenvalue weighted by Gasteiger charge is 2.37. The molecule has 5 heteroatoms. The SMILES string of the molecule is COc1ccc(C(c2ccc(C)cn2)N2CCCC2C(=O)O)cc1. The molecule has 0 amide bonds. The lowest BCUT2D eigenvalue weighted by Crippen LogP contribution is -2.39. The molecule has 0 aliphatic carbocycles. The molecule has 126 valence electrons. The Morgan fingerprint density at radius 1 is 1.29 bits per heavy atom. The average molecular weight is 326 g/mol. The minimum absolute atomic E-state index is 0.167. The Balaban J connectivity index is 2.02. The van der Waals surface area contributed by atoms with Crippen LogP contribution in [0.3, 0.4) is 0 Å². The third-order valence-corrected chi connectivity index (χ3v) is 4.56. The minimum atomic E-state index is -0.766. The summed E-state index contributed by atoms with van der Waals surface area (Å²) in [5.41, 5.74) is 2.99. The highest BCUT2D eigenvalue weighted by atomic mass is 16.5. The number of likely N-dealkylation sites (tertiary alicyclic amines) is 1. The van der Waals surface area contributed by atoms with Crippen LogP contribution in [0.25, 0.3) is 0 Å². The lowest BCUT2D eigenvalue weighted by Gasteiger charge is -2.31. The monoisotopic (exact) mass is 326 g/mol. The Bertz CT molecular complexity index is 698. The van der Waals surface area contributed by atoms with Crippen molar-refractivity contribution in [1.29, 1.82) is 0 Å². The van der Waals surface area contributed by atoms with Gasteiger partial charge in [0.1, 0.15) is 11.8 Å². The van der Waals surface area contributed by atoms with E-state index in [1.807, 2.05) is 54.4 Å². The Kier molecular flexibility index (Phi) is 4.81. The molecule has 3 rings (SSSR count). The Morgan fingerprint density at radius 3 is 2.62 bits per heavy atom. The number of nitrogens with zero attached hydrogens (tertiary/aromatic N) is 2. The zero-order valence-corrected chi connectivity index (χ0v) is 14.0. The van der Waals surface area contributed by atoms with Gasteiger partial charge in [0.25, 0.3) is 0 Å². The molecule has 1 saturated heterocycles. The van der Waals surface area contributed by atoms with Gasteiger partial charge in [-0.2, -0.15) is 0 Å². The largest absolute Gasteiger partial charge is 0.497 e. The number of carboxylic acid groups (broad SMARTS) is 1. The number of hydrogen-bond donors (Lipinski definition) is 1. The lowest BCUT2D eigenvalue weighted by molar-refractivity contribution is -0.142. The molecule has 1 aliphatic rings. The van der Waals surface area contributed by atoms with Gasteiger partial charge in [-0.1, -0.05) is 18.2 Å². The van der Waals surface area contributed by atoms with E-state index < -0.39 is 12.0 Å². The van der Waals surface area contributed by atoms with Gasteiger partial charge in [0.05, 0.1) is 18.8 Å². The maximum atomic E-state index is 11.7. The van der Waals surface area contributed by atoms with Gasteiger partial charge in [0.15, 0.2) is 0 Å². The van der Waals surface area contributed by atoms with Crippen LogP contribution in [0.4, 0.5) is 0 Å². The van der Waals surface area contributed by atoms with Gasteiger partial charge in [0.2, 0.25) is 0 Å². The third kappa shape index (κ3) is 3.26. The summed E-state index contributed by atoms with van der Waals surface area (Å²) in [6.45, 7) is 2.75. The van der Waals surface area contributed by atoms with Crippen LogP contribution >= 0.6 is 0 Å². The number of methoxy groups -OCH3 is 1. The molecular weight excluding hydrogens is 304 g/mol. The van der Waals surface area contributed by atoms with E-state index in [1.54, 1.807) is 7.11 Å². The van der Waals surface area contributed by atoms with Crippen LogP contribution < -0.4 is 4.74 Å². The average Bonchev–Trinajstić information content (AvgIpc) is 3.07. The Morgan fingerprint density at radius 2 is 2.04 bits per heavy atom. The number of aryl methyl sites for hydroxylation is 1. The molecule has 0 bridgehead atoms. The first-order valence-electron chi connectivity index (χ1n) is 8.15. The standard InChI is InChI=1S/C19H22N2O3/c1-13-5-10-16(20-12-13)18(14-6-8-15(24-2)9-7-14)21-11-3-4-17(21)19(22)23/h5-10,12,17-18H,3-4,11H2,1-2H3,(H,22,23). The number of pyridine rings is 1. The van der Waals surface area contributed by atoms with Gasteiger partial charge in [-0.3, -0.25) is 14.7 Å². The van der Waals surface area contributed by atoms with Crippen LogP contribution in [0.1, 0.15) is 35.7 Å². The van der Waals surface area contributed by atoms with Crippen LogP contribution in [0.2, 0.25) is 0 Å². The van der Waals surface area contributed by atoms with Crippen molar-refractivity contribution in [1.82, 2.24) is 9.88 Å². The molecule has 0 saturated carbocycles. The Hall–Kier alpha value is -2.40. The van der Waals surface area contributed by atoms with E-state index in [0.29, 0.717) is 6.42 Å². The van der Waals surface area contributed by atoms with Crippen LogP contribution in [0.15, 0.2) is 42.6 Å². The topological polar surface area (TPSA) is 62.7 Å². The fourth-order valence-corrected chi connectivity index (χ4v) is 3.32. The third-order valence-electron chi connectivity index (χ3n) is 4.56. The number of carboxylic acids is 1. The maximum absolute atomic E-state index is 11.7. The molecule has 24 heavy (non-hydrogen) atoms. The maximum Gasteiger partial charge on any atom is 0.320 e. The Labute approximate surface area is 141 Å². The highest BCUT2D eigenvalue weighted by molar-refractivity contribution is 5.74. The first-order chi connectivity index (χ1) is 11.6. The van der Waals surface area contributed by atoms with Crippen LogP contribution in [-0.4, -0.2) is 40.7 Å². The van der Waals surface area contributed by atoms with Crippen LogP contribution in [0, 0.1) is 6.92 Å². The summed E-state index contributed by atoms with van der Waals surface area (Å²) in [4.78, 5) is 18.3. The molecule has 2 aromatic rings. The number of carbonyl (C=O) groups is 1. The van der Waals surface area contributed by atoms with E-state index in [4.69, 9.17) is 4.74 Å². The van der Waals surface area contributed by atoms with E-state index in [1.165, 1.54) is 0 Å². The summed E-state index contributed by atoms with van der Waals surface area (Å²) < 4.78 is 5.23. The second kappa shape index (κ2) is 7.01. The zero-order chi connectivity index (χ0) is 17.1. The number of benzene rings is 1. The van der Waals surface area contributed by atoms with Gasteiger partial charge in [-0.25, -0.2) is 0 Å². The number of ether oxygens (including phenoxy) is 1. The number of aromatic nitrogens is 1. The van der Waals surface area contributed by atoms with Crippen molar-refractivity contribution in [3.63, 3.8) is 0 Å². The van der Waals surface area contributed by atoms with Crippen molar-refractivity contribution in [2.75, 3.05) is 13.7 Å². The summed E-state index contributed by atoms with van der Waals surface area (Å²) >= 11 is 0. The number of hydrogen-bond acceptors (Lipinski definition) is 4. The van der Waals surface area contributed by atoms with Gasteiger partial charge in [-0.05, 0) is 49.1 Å². The molecule has 0 spiro atoms. The lowest BCUT2D eigenvalue weighted by atomic mass is 9.99. The summed E-state index contributed by atoms with van der Waals surface area (Å²) in [7, 11) is 1.63. The first-order valence-corrected chi connectivity index (χ1v) is 8.15. The van der Waals surface area contributed by atoms with E-state index in [9.17, 15) is 9.90 Å². The van der Waals surface area contributed by atoms with Crippen molar-refractivity contribution in [2.24, 2.45) is 0 Å². The molecule has 1 N–H and O–H groups in total. The molecule has 1 aromatic heterocycles. The van der Waals surface area contributed by atoms with Crippen molar-refractivity contribution in [2.45, 2.75) is 31.8 Å². The quantitative estimate of drug-likeness (QED) is 0.915. The number of aliphatic carboxylic acids is 1. The molecule has 2 heterocycles. The molecule has 0 radical (unpaired) electrons. The highest BCUT2D eigenvalue weighted by Crippen LogP contribution is 2.34. The van der Waals surface area contributed by atoms with Gasteiger partial charge in [-0.15, -0.1) is 0 Å². The predicted molar refractivity (Wildman–Crippen MR) is 91.2 cm³/mol. The zero-order valence-electron chi connectivity index (χ0n) is 14.0. The molecule has 2 unspecified atom stereocenters. The molecular formula is C19H22N2O3. The summed E-state index contributed by atoms with van der Waals surface area (Å²) in [5.74, 6) is 0.0173. The van der Waals surface area contributed by atoms with E-state index >= 15 is 0 Å². The fraction of sp³-hybridized carbons (Fsp3) is 0.368. The predicted octanol–water partition coefficient (Wildman–Crippen LogP) is 3.04.